The van der Waals surface area contributed by atoms with Gasteiger partial charge in [0.1, 0.15) is 0 Å². The van der Waals surface area contributed by atoms with Crippen LogP contribution in [0.15, 0.2) is 30.8 Å². The zero-order valence-corrected chi connectivity index (χ0v) is 12.3. The lowest BCUT2D eigenvalue weighted by atomic mass is 10.1. The molecule has 0 fully saturated rings. The fourth-order valence-electron chi connectivity index (χ4n) is 1.94. The van der Waals surface area contributed by atoms with E-state index < -0.39 is 8.32 Å². The molecule has 2 heteroatoms. The molecule has 0 aliphatic rings. The van der Waals surface area contributed by atoms with Gasteiger partial charge in [-0.1, -0.05) is 50.3 Å². The Labute approximate surface area is 106 Å². The van der Waals surface area contributed by atoms with Crippen LogP contribution in [-0.2, 0) is 6.42 Å². The van der Waals surface area contributed by atoms with E-state index >= 15 is 0 Å². The summed E-state index contributed by atoms with van der Waals surface area (Å²) < 4.78 is 0. The molecule has 0 heterocycles. The maximum atomic E-state index is 10.4. The molecular formula is C15H24OSi. The van der Waals surface area contributed by atoms with E-state index in [1.807, 2.05) is 6.92 Å². The van der Waals surface area contributed by atoms with Crippen LogP contribution in [0.4, 0.5) is 0 Å². The Morgan fingerprint density at radius 1 is 1.18 bits per heavy atom. The molecule has 94 valence electrons. The van der Waals surface area contributed by atoms with Crippen molar-refractivity contribution in [3.63, 3.8) is 0 Å². The summed E-state index contributed by atoms with van der Waals surface area (Å²) in [6.07, 6.45) is 1.00. The van der Waals surface area contributed by atoms with Gasteiger partial charge >= 0.3 is 0 Å². The summed E-state index contributed by atoms with van der Waals surface area (Å²) in [5, 5.41) is 0. The van der Waals surface area contributed by atoms with Crippen molar-refractivity contribution in [2.45, 2.75) is 45.3 Å². The third kappa shape index (κ3) is 4.13. The number of hydrogen-bond donors (Lipinski definition) is 1. The lowest BCUT2D eigenvalue weighted by molar-refractivity contribution is 0.527. The average molecular weight is 248 g/mol. The highest BCUT2D eigenvalue weighted by molar-refractivity contribution is 6.72. The SMILES string of the molecule is C=C(C)c1ccc(CC[Si](O)(CC)CC)cc1. The Morgan fingerprint density at radius 3 is 2.12 bits per heavy atom. The number of hydrogen-bond acceptors (Lipinski definition) is 1. The molecule has 0 spiro atoms. The van der Waals surface area contributed by atoms with Crippen molar-refractivity contribution in [1.29, 1.82) is 0 Å². The zero-order valence-electron chi connectivity index (χ0n) is 11.3. The summed E-state index contributed by atoms with van der Waals surface area (Å²) in [4.78, 5) is 10.4. The van der Waals surface area contributed by atoms with Crippen LogP contribution in [0.2, 0.25) is 18.1 Å². The van der Waals surface area contributed by atoms with Crippen LogP contribution in [0.1, 0.15) is 31.9 Å². The van der Waals surface area contributed by atoms with E-state index in [9.17, 15) is 4.80 Å². The standard InChI is InChI=1S/C15H24OSi/c1-5-17(16,6-2)12-11-14-7-9-15(10-8-14)13(3)4/h7-10,16H,3,5-6,11-12H2,1-2,4H3. The lowest BCUT2D eigenvalue weighted by Gasteiger charge is -2.21. The fourth-order valence-corrected chi connectivity index (χ4v) is 3.90. The van der Waals surface area contributed by atoms with Gasteiger partial charge in [0.05, 0.1) is 0 Å². The summed E-state index contributed by atoms with van der Waals surface area (Å²) in [5.41, 5.74) is 3.62. The van der Waals surface area contributed by atoms with Gasteiger partial charge < -0.3 is 4.80 Å². The van der Waals surface area contributed by atoms with Crippen LogP contribution in [-0.4, -0.2) is 13.1 Å². The van der Waals surface area contributed by atoms with Gasteiger partial charge in [0.2, 0.25) is 0 Å². The monoisotopic (exact) mass is 248 g/mol. The van der Waals surface area contributed by atoms with E-state index in [2.05, 4.69) is 44.7 Å². The summed E-state index contributed by atoms with van der Waals surface area (Å²) in [7, 11) is -1.93. The second kappa shape index (κ2) is 6.17. The van der Waals surface area contributed by atoms with E-state index in [1.54, 1.807) is 0 Å². The number of benzene rings is 1. The molecule has 1 aromatic carbocycles. The molecule has 1 N–H and O–H groups in total. The molecule has 0 unspecified atom stereocenters. The molecule has 0 saturated heterocycles. The van der Waals surface area contributed by atoms with Gasteiger partial charge in [-0.05, 0) is 42.6 Å². The Kier molecular flexibility index (Phi) is 5.16. The van der Waals surface area contributed by atoms with Crippen molar-refractivity contribution >= 4 is 13.9 Å². The zero-order chi connectivity index (χ0) is 12.9. The van der Waals surface area contributed by atoms with Gasteiger partial charge in [-0.3, -0.25) is 0 Å². The third-order valence-corrected chi connectivity index (χ3v) is 7.46. The third-order valence-electron chi connectivity index (χ3n) is 3.64. The molecule has 0 atom stereocenters. The Balaban J connectivity index is 2.61. The van der Waals surface area contributed by atoms with Crippen LogP contribution in [0.5, 0.6) is 0 Å². The van der Waals surface area contributed by atoms with Gasteiger partial charge in [-0.25, -0.2) is 0 Å². The molecule has 0 aliphatic heterocycles. The molecule has 0 radical (unpaired) electrons. The Hall–Kier alpha value is -0.863. The maximum Gasteiger partial charge on any atom is 0.188 e. The van der Waals surface area contributed by atoms with Crippen molar-refractivity contribution in [1.82, 2.24) is 0 Å². The summed E-state index contributed by atoms with van der Waals surface area (Å²) >= 11 is 0. The van der Waals surface area contributed by atoms with Crippen LogP contribution in [0, 0.1) is 0 Å². The van der Waals surface area contributed by atoms with Crippen LogP contribution >= 0.6 is 0 Å². The molecule has 0 aliphatic carbocycles. The molecule has 1 aromatic rings. The number of allylic oxidation sites excluding steroid dienone is 1. The first-order valence-corrected chi connectivity index (χ1v) is 9.05. The molecule has 17 heavy (non-hydrogen) atoms. The Bertz CT molecular complexity index is 363. The van der Waals surface area contributed by atoms with Gasteiger partial charge in [-0.15, -0.1) is 0 Å². The van der Waals surface area contributed by atoms with Crippen LogP contribution in [0.25, 0.3) is 5.57 Å². The van der Waals surface area contributed by atoms with E-state index in [0.29, 0.717) is 0 Å². The summed E-state index contributed by atoms with van der Waals surface area (Å²) in [6.45, 7) is 10.2. The highest BCUT2D eigenvalue weighted by atomic mass is 28.4. The Morgan fingerprint density at radius 2 is 1.71 bits per heavy atom. The summed E-state index contributed by atoms with van der Waals surface area (Å²) in [5.74, 6) is 0. The molecule has 0 amide bonds. The predicted molar refractivity (Wildman–Crippen MR) is 78.6 cm³/mol. The number of rotatable bonds is 6. The van der Waals surface area contributed by atoms with Gasteiger partial charge in [0.15, 0.2) is 8.32 Å². The van der Waals surface area contributed by atoms with Gasteiger partial charge in [0.25, 0.3) is 0 Å². The topological polar surface area (TPSA) is 20.2 Å². The lowest BCUT2D eigenvalue weighted by Crippen LogP contribution is -2.32. The van der Waals surface area contributed by atoms with Crippen molar-refractivity contribution in [3.8, 4) is 0 Å². The highest BCUT2D eigenvalue weighted by Gasteiger charge is 2.25. The van der Waals surface area contributed by atoms with E-state index in [-0.39, 0.29) is 0 Å². The largest absolute Gasteiger partial charge is 0.432 e. The van der Waals surface area contributed by atoms with Gasteiger partial charge in [0, 0.05) is 0 Å². The predicted octanol–water partition coefficient (Wildman–Crippen LogP) is 4.24. The van der Waals surface area contributed by atoms with E-state index in [4.69, 9.17) is 0 Å². The molecular weight excluding hydrogens is 224 g/mol. The molecule has 1 nitrogen and oxygen atoms in total. The van der Waals surface area contributed by atoms with Crippen molar-refractivity contribution in [3.05, 3.63) is 42.0 Å². The van der Waals surface area contributed by atoms with Crippen molar-refractivity contribution in [2.24, 2.45) is 0 Å². The first kappa shape index (κ1) is 14.2. The van der Waals surface area contributed by atoms with Crippen LogP contribution < -0.4 is 0 Å². The van der Waals surface area contributed by atoms with Crippen molar-refractivity contribution in [2.75, 3.05) is 0 Å². The quantitative estimate of drug-likeness (QED) is 0.747. The second-order valence-corrected chi connectivity index (χ2v) is 9.27. The summed E-state index contributed by atoms with van der Waals surface area (Å²) in [6, 6.07) is 11.5. The van der Waals surface area contributed by atoms with E-state index in [1.165, 1.54) is 11.1 Å². The first-order chi connectivity index (χ1) is 8.00. The fraction of sp³-hybridized carbons (Fsp3) is 0.467. The van der Waals surface area contributed by atoms with E-state index in [0.717, 1.165) is 30.1 Å². The van der Waals surface area contributed by atoms with Crippen molar-refractivity contribution < 1.29 is 4.80 Å². The smallest absolute Gasteiger partial charge is 0.188 e. The minimum atomic E-state index is -1.93. The minimum Gasteiger partial charge on any atom is -0.432 e. The van der Waals surface area contributed by atoms with Crippen LogP contribution in [0.3, 0.4) is 0 Å². The average Bonchev–Trinajstić information content (AvgIpc) is 2.36. The maximum absolute atomic E-state index is 10.4. The normalized spacial score (nSPS) is 11.5. The molecule has 0 saturated carbocycles. The molecule has 0 bridgehead atoms. The molecule has 1 rings (SSSR count). The number of aryl methyl sites for hydroxylation is 1. The first-order valence-electron chi connectivity index (χ1n) is 6.48. The van der Waals surface area contributed by atoms with Gasteiger partial charge in [-0.2, -0.15) is 0 Å². The molecule has 0 aromatic heterocycles. The highest BCUT2D eigenvalue weighted by Crippen LogP contribution is 2.20. The second-order valence-electron chi connectivity index (χ2n) is 4.91. The minimum absolute atomic E-state index is 0.966.